The van der Waals surface area contributed by atoms with Gasteiger partial charge in [0, 0.05) is 12.6 Å². The number of rotatable bonds is 7. The highest BCUT2D eigenvalue weighted by molar-refractivity contribution is 9.10. The summed E-state index contributed by atoms with van der Waals surface area (Å²) in [5.74, 6) is 0.843. The third-order valence-corrected chi connectivity index (χ3v) is 3.24. The van der Waals surface area contributed by atoms with Crippen LogP contribution in [0.4, 0.5) is 0 Å². The van der Waals surface area contributed by atoms with Crippen LogP contribution in [0.5, 0.6) is 5.75 Å². The Balaban J connectivity index is 2.33. The number of nitrogens with one attached hydrogen (secondary N) is 2. The fraction of sp³-hybridized carbons (Fsp3) is 0.500. The van der Waals surface area contributed by atoms with Crippen LogP contribution in [-0.4, -0.2) is 32.1 Å². The molecule has 0 heterocycles. The normalized spacial score (nSPS) is 10.6. The molecule has 0 spiro atoms. The standard InChI is InChI=1S/C14H21BrN2O2/c1-10(2)17-9-14(18)16-7-6-11-4-5-13(19-3)12(15)8-11/h4-5,8,10,17H,6-7,9H2,1-3H3,(H,16,18). The molecule has 19 heavy (non-hydrogen) atoms. The van der Waals surface area contributed by atoms with Crippen LogP contribution < -0.4 is 15.4 Å². The summed E-state index contributed by atoms with van der Waals surface area (Å²) in [6.45, 7) is 5.03. The first-order valence-corrected chi connectivity index (χ1v) is 7.14. The van der Waals surface area contributed by atoms with Crippen molar-refractivity contribution >= 4 is 21.8 Å². The van der Waals surface area contributed by atoms with Crippen LogP contribution in [0, 0.1) is 0 Å². The third kappa shape index (κ3) is 6.07. The molecule has 1 aromatic rings. The molecule has 0 saturated carbocycles. The zero-order chi connectivity index (χ0) is 14.3. The lowest BCUT2D eigenvalue weighted by atomic mass is 10.1. The summed E-state index contributed by atoms with van der Waals surface area (Å²) >= 11 is 3.45. The van der Waals surface area contributed by atoms with Crippen molar-refractivity contribution < 1.29 is 9.53 Å². The molecular weight excluding hydrogens is 308 g/mol. The second kappa shape index (κ2) is 8.17. The molecule has 0 unspecified atom stereocenters. The van der Waals surface area contributed by atoms with E-state index < -0.39 is 0 Å². The molecule has 1 rings (SSSR count). The number of hydrogen-bond donors (Lipinski definition) is 2. The van der Waals surface area contributed by atoms with Gasteiger partial charge in [0.25, 0.3) is 0 Å². The number of methoxy groups -OCH3 is 1. The highest BCUT2D eigenvalue weighted by Gasteiger charge is 2.04. The van der Waals surface area contributed by atoms with Crippen molar-refractivity contribution in [2.75, 3.05) is 20.2 Å². The van der Waals surface area contributed by atoms with E-state index in [-0.39, 0.29) is 5.91 Å². The van der Waals surface area contributed by atoms with E-state index in [9.17, 15) is 4.79 Å². The molecule has 0 bridgehead atoms. The number of carbonyl (C=O) groups is 1. The van der Waals surface area contributed by atoms with Crippen molar-refractivity contribution in [1.29, 1.82) is 0 Å². The van der Waals surface area contributed by atoms with E-state index in [1.165, 1.54) is 0 Å². The largest absolute Gasteiger partial charge is 0.496 e. The number of benzene rings is 1. The van der Waals surface area contributed by atoms with E-state index in [0.717, 1.165) is 22.2 Å². The van der Waals surface area contributed by atoms with E-state index in [1.807, 2.05) is 32.0 Å². The molecule has 106 valence electrons. The van der Waals surface area contributed by atoms with Crippen LogP contribution in [0.2, 0.25) is 0 Å². The molecule has 0 atom stereocenters. The summed E-state index contributed by atoms with van der Waals surface area (Å²) in [5.41, 5.74) is 1.16. The predicted octanol–water partition coefficient (Wildman–Crippen LogP) is 2.11. The van der Waals surface area contributed by atoms with Gasteiger partial charge < -0.3 is 15.4 Å². The second-order valence-electron chi connectivity index (χ2n) is 4.60. The quantitative estimate of drug-likeness (QED) is 0.806. The van der Waals surface area contributed by atoms with Gasteiger partial charge in [-0.05, 0) is 40.0 Å². The van der Waals surface area contributed by atoms with Gasteiger partial charge >= 0.3 is 0 Å². The molecule has 2 N–H and O–H groups in total. The number of hydrogen-bond acceptors (Lipinski definition) is 3. The molecular formula is C14H21BrN2O2. The minimum Gasteiger partial charge on any atom is -0.496 e. The Morgan fingerprint density at radius 3 is 2.74 bits per heavy atom. The predicted molar refractivity (Wildman–Crippen MR) is 80.5 cm³/mol. The topological polar surface area (TPSA) is 50.4 Å². The van der Waals surface area contributed by atoms with Crippen molar-refractivity contribution in [2.24, 2.45) is 0 Å². The summed E-state index contributed by atoms with van der Waals surface area (Å²) in [6, 6.07) is 6.25. The number of amides is 1. The maximum atomic E-state index is 11.5. The van der Waals surface area contributed by atoms with Gasteiger partial charge in [0.05, 0.1) is 18.1 Å². The summed E-state index contributed by atoms with van der Waals surface area (Å²) in [4.78, 5) is 11.5. The minimum atomic E-state index is 0.0290. The maximum Gasteiger partial charge on any atom is 0.233 e. The van der Waals surface area contributed by atoms with Crippen molar-refractivity contribution in [3.8, 4) is 5.75 Å². The fourth-order valence-electron chi connectivity index (χ4n) is 1.57. The van der Waals surface area contributed by atoms with Crippen LogP contribution in [0.1, 0.15) is 19.4 Å². The van der Waals surface area contributed by atoms with Gasteiger partial charge in [-0.1, -0.05) is 19.9 Å². The molecule has 0 aliphatic rings. The smallest absolute Gasteiger partial charge is 0.233 e. The number of carbonyl (C=O) groups excluding carboxylic acids is 1. The Bertz CT molecular complexity index is 422. The van der Waals surface area contributed by atoms with Crippen LogP contribution >= 0.6 is 15.9 Å². The third-order valence-electron chi connectivity index (χ3n) is 2.62. The molecule has 0 radical (unpaired) electrons. The first kappa shape index (κ1) is 16.0. The molecule has 1 aromatic carbocycles. The highest BCUT2D eigenvalue weighted by atomic mass is 79.9. The van der Waals surface area contributed by atoms with Gasteiger partial charge in [0.2, 0.25) is 5.91 Å². The van der Waals surface area contributed by atoms with Crippen molar-refractivity contribution in [2.45, 2.75) is 26.3 Å². The zero-order valence-corrected chi connectivity index (χ0v) is 13.2. The van der Waals surface area contributed by atoms with Crippen molar-refractivity contribution in [3.63, 3.8) is 0 Å². The molecule has 0 saturated heterocycles. The van der Waals surface area contributed by atoms with E-state index >= 15 is 0 Å². The molecule has 0 aliphatic carbocycles. The van der Waals surface area contributed by atoms with E-state index in [2.05, 4.69) is 26.6 Å². The average molecular weight is 329 g/mol. The first-order chi connectivity index (χ1) is 9.02. The molecule has 0 aromatic heterocycles. The zero-order valence-electron chi connectivity index (χ0n) is 11.6. The molecule has 1 amide bonds. The van der Waals surface area contributed by atoms with Gasteiger partial charge in [0.1, 0.15) is 5.75 Å². The van der Waals surface area contributed by atoms with Crippen LogP contribution in [-0.2, 0) is 11.2 Å². The van der Waals surface area contributed by atoms with Gasteiger partial charge in [-0.25, -0.2) is 0 Å². The molecule has 4 nitrogen and oxygen atoms in total. The Morgan fingerprint density at radius 2 is 2.16 bits per heavy atom. The summed E-state index contributed by atoms with van der Waals surface area (Å²) < 4.78 is 6.10. The Kier molecular flexibility index (Phi) is 6.87. The van der Waals surface area contributed by atoms with Gasteiger partial charge in [-0.15, -0.1) is 0 Å². The van der Waals surface area contributed by atoms with Crippen molar-refractivity contribution in [1.82, 2.24) is 10.6 Å². The van der Waals surface area contributed by atoms with Gasteiger partial charge in [-0.2, -0.15) is 0 Å². The highest BCUT2D eigenvalue weighted by Crippen LogP contribution is 2.25. The van der Waals surface area contributed by atoms with Crippen LogP contribution in [0.3, 0.4) is 0 Å². The lowest BCUT2D eigenvalue weighted by Gasteiger charge is -2.09. The summed E-state index contributed by atoms with van der Waals surface area (Å²) in [5, 5.41) is 5.97. The number of ether oxygens (including phenoxy) is 1. The number of halogens is 1. The van der Waals surface area contributed by atoms with Crippen molar-refractivity contribution in [3.05, 3.63) is 28.2 Å². The lowest BCUT2D eigenvalue weighted by Crippen LogP contribution is -2.37. The fourth-order valence-corrected chi connectivity index (χ4v) is 2.16. The van der Waals surface area contributed by atoms with E-state index in [1.54, 1.807) is 7.11 Å². The minimum absolute atomic E-state index is 0.0290. The molecule has 5 heteroatoms. The van der Waals surface area contributed by atoms with Crippen LogP contribution in [0.15, 0.2) is 22.7 Å². The first-order valence-electron chi connectivity index (χ1n) is 6.35. The summed E-state index contributed by atoms with van der Waals surface area (Å²) in [7, 11) is 1.64. The Hall–Kier alpha value is -1.07. The van der Waals surface area contributed by atoms with Gasteiger partial charge in [-0.3, -0.25) is 4.79 Å². The second-order valence-corrected chi connectivity index (χ2v) is 5.46. The monoisotopic (exact) mass is 328 g/mol. The molecule has 0 aliphatic heterocycles. The lowest BCUT2D eigenvalue weighted by molar-refractivity contribution is -0.120. The van der Waals surface area contributed by atoms with E-state index in [0.29, 0.717) is 19.1 Å². The van der Waals surface area contributed by atoms with Crippen LogP contribution in [0.25, 0.3) is 0 Å². The molecule has 0 fully saturated rings. The Morgan fingerprint density at radius 1 is 1.42 bits per heavy atom. The Labute approximate surface area is 123 Å². The summed E-state index contributed by atoms with van der Waals surface area (Å²) in [6.07, 6.45) is 0.802. The maximum absolute atomic E-state index is 11.5. The van der Waals surface area contributed by atoms with Gasteiger partial charge in [0.15, 0.2) is 0 Å². The van der Waals surface area contributed by atoms with E-state index in [4.69, 9.17) is 4.74 Å². The SMILES string of the molecule is COc1ccc(CCNC(=O)CNC(C)C)cc1Br. The average Bonchev–Trinajstić information content (AvgIpc) is 2.36.